The fraction of sp³-hybridized carbons (Fsp3) is 0.550. The molecule has 1 aromatic rings. The summed E-state index contributed by atoms with van der Waals surface area (Å²) < 4.78 is 15.6. The first-order valence-corrected chi connectivity index (χ1v) is 9.04. The highest BCUT2D eigenvalue weighted by Gasteiger charge is 2.45. The molecular weight excluding hydrogens is 350 g/mol. The van der Waals surface area contributed by atoms with Crippen LogP contribution in [0.25, 0.3) is 0 Å². The summed E-state index contributed by atoms with van der Waals surface area (Å²) in [7, 11) is 3.00. The van der Waals surface area contributed by atoms with E-state index in [-0.39, 0.29) is 25.1 Å². The standard InChI is InChI=1S/C18H25NO6.C2H6/c1-5-12-18(17(20)25-6-2,13-11-16(23-3)24-4)14-9-7-8-10-15(14)19(21)22;1-2/h5,7-10,16H,1,6,11-13H2,2-4H3;1-2H3. The van der Waals surface area contributed by atoms with E-state index in [4.69, 9.17) is 14.2 Å². The van der Waals surface area contributed by atoms with Crippen LogP contribution in [0.4, 0.5) is 5.69 Å². The fourth-order valence-corrected chi connectivity index (χ4v) is 2.89. The van der Waals surface area contributed by atoms with Crippen molar-refractivity contribution in [2.24, 2.45) is 0 Å². The summed E-state index contributed by atoms with van der Waals surface area (Å²) >= 11 is 0. The van der Waals surface area contributed by atoms with Gasteiger partial charge in [-0.25, -0.2) is 0 Å². The molecule has 0 aliphatic rings. The largest absolute Gasteiger partial charge is 0.465 e. The molecular formula is C20H31NO6. The van der Waals surface area contributed by atoms with E-state index in [0.29, 0.717) is 12.0 Å². The maximum absolute atomic E-state index is 12.8. The van der Waals surface area contributed by atoms with Gasteiger partial charge in [0, 0.05) is 25.8 Å². The zero-order valence-corrected chi connectivity index (χ0v) is 16.9. The second kappa shape index (κ2) is 13.0. The number of esters is 1. The van der Waals surface area contributed by atoms with E-state index < -0.39 is 22.6 Å². The summed E-state index contributed by atoms with van der Waals surface area (Å²) in [6.45, 7) is 9.59. The molecule has 0 saturated carbocycles. The summed E-state index contributed by atoms with van der Waals surface area (Å²) in [6, 6.07) is 6.21. The van der Waals surface area contributed by atoms with Gasteiger partial charge < -0.3 is 14.2 Å². The van der Waals surface area contributed by atoms with Gasteiger partial charge in [-0.3, -0.25) is 14.9 Å². The van der Waals surface area contributed by atoms with Gasteiger partial charge in [0.05, 0.1) is 11.5 Å². The van der Waals surface area contributed by atoms with E-state index in [1.165, 1.54) is 20.3 Å². The Morgan fingerprint density at radius 3 is 2.37 bits per heavy atom. The van der Waals surface area contributed by atoms with Crippen LogP contribution in [0.2, 0.25) is 0 Å². The molecule has 0 saturated heterocycles. The van der Waals surface area contributed by atoms with Gasteiger partial charge in [0.25, 0.3) is 5.69 Å². The first kappa shape index (κ1) is 24.8. The minimum absolute atomic E-state index is 0.121. The number of ether oxygens (including phenoxy) is 3. The molecule has 0 spiro atoms. The summed E-state index contributed by atoms with van der Waals surface area (Å²) in [5.41, 5.74) is -1.04. The van der Waals surface area contributed by atoms with Crippen molar-refractivity contribution in [3.63, 3.8) is 0 Å². The Bertz CT molecular complexity index is 600. The van der Waals surface area contributed by atoms with Crippen molar-refractivity contribution in [3.8, 4) is 0 Å². The zero-order chi connectivity index (χ0) is 20.9. The number of carbonyl (C=O) groups is 1. The highest BCUT2D eigenvalue weighted by atomic mass is 16.7. The number of allylic oxidation sites excluding steroid dienone is 1. The van der Waals surface area contributed by atoms with Gasteiger partial charge in [0.1, 0.15) is 5.41 Å². The molecule has 0 heterocycles. The topological polar surface area (TPSA) is 87.9 Å². The van der Waals surface area contributed by atoms with Gasteiger partial charge in [-0.05, 0) is 26.2 Å². The van der Waals surface area contributed by atoms with Crippen molar-refractivity contribution in [3.05, 3.63) is 52.6 Å². The lowest BCUT2D eigenvalue weighted by Gasteiger charge is -2.31. The minimum atomic E-state index is -1.23. The van der Waals surface area contributed by atoms with E-state index in [0.717, 1.165) is 0 Å². The van der Waals surface area contributed by atoms with Gasteiger partial charge in [-0.1, -0.05) is 38.1 Å². The van der Waals surface area contributed by atoms with Gasteiger partial charge in [-0.2, -0.15) is 0 Å². The third-order valence-electron chi connectivity index (χ3n) is 4.11. The van der Waals surface area contributed by atoms with Crippen molar-refractivity contribution in [2.45, 2.75) is 51.7 Å². The van der Waals surface area contributed by atoms with E-state index >= 15 is 0 Å². The molecule has 27 heavy (non-hydrogen) atoms. The van der Waals surface area contributed by atoms with Crippen LogP contribution >= 0.6 is 0 Å². The average molecular weight is 381 g/mol. The van der Waals surface area contributed by atoms with Gasteiger partial charge in [0.2, 0.25) is 0 Å². The molecule has 0 aliphatic heterocycles. The number of methoxy groups -OCH3 is 2. The third kappa shape index (κ3) is 6.45. The predicted molar refractivity (Wildman–Crippen MR) is 105 cm³/mol. The quantitative estimate of drug-likeness (QED) is 0.186. The number of rotatable bonds is 11. The summed E-state index contributed by atoms with van der Waals surface area (Å²) in [4.78, 5) is 23.8. The van der Waals surface area contributed by atoms with Gasteiger partial charge in [-0.15, -0.1) is 6.58 Å². The van der Waals surface area contributed by atoms with Crippen LogP contribution < -0.4 is 0 Å². The first-order valence-electron chi connectivity index (χ1n) is 9.04. The van der Waals surface area contributed by atoms with Crippen molar-refractivity contribution in [1.82, 2.24) is 0 Å². The normalized spacial score (nSPS) is 12.5. The van der Waals surface area contributed by atoms with Crippen molar-refractivity contribution >= 4 is 11.7 Å². The Labute approximate surface area is 161 Å². The van der Waals surface area contributed by atoms with Gasteiger partial charge in [0.15, 0.2) is 6.29 Å². The maximum Gasteiger partial charge on any atom is 0.317 e. The monoisotopic (exact) mass is 381 g/mol. The SMILES string of the molecule is C=CCC(CCC(OC)OC)(C(=O)OCC)c1ccccc1[N+](=O)[O-].CC. The van der Waals surface area contributed by atoms with Crippen LogP contribution in [0.3, 0.4) is 0 Å². The number of benzene rings is 1. The number of para-hydroxylation sites is 1. The van der Waals surface area contributed by atoms with Crippen LogP contribution in [-0.4, -0.2) is 38.0 Å². The maximum atomic E-state index is 12.8. The van der Waals surface area contributed by atoms with Crippen LogP contribution in [0.5, 0.6) is 0 Å². The number of nitrogens with zero attached hydrogens (tertiary/aromatic N) is 1. The summed E-state index contributed by atoms with van der Waals surface area (Å²) in [6.07, 6.45) is 1.88. The number of nitro benzene ring substituents is 1. The van der Waals surface area contributed by atoms with Crippen LogP contribution in [-0.2, 0) is 24.4 Å². The molecule has 1 aromatic carbocycles. The molecule has 0 fully saturated rings. The Hall–Kier alpha value is -2.25. The Balaban J connectivity index is 0.00000326. The van der Waals surface area contributed by atoms with Crippen molar-refractivity contribution < 1.29 is 23.9 Å². The smallest absolute Gasteiger partial charge is 0.317 e. The lowest BCUT2D eigenvalue weighted by atomic mass is 9.73. The lowest BCUT2D eigenvalue weighted by Crippen LogP contribution is -2.39. The molecule has 7 nitrogen and oxygen atoms in total. The number of hydrogen-bond donors (Lipinski definition) is 0. The van der Waals surface area contributed by atoms with Crippen LogP contribution in [0.15, 0.2) is 36.9 Å². The lowest BCUT2D eigenvalue weighted by molar-refractivity contribution is -0.386. The summed E-state index contributed by atoms with van der Waals surface area (Å²) in [5, 5.41) is 11.5. The number of nitro groups is 1. The Kier molecular flexibility index (Phi) is 11.9. The van der Waals surface area contributed by atoms with E-state index in [1.807, 2.05) is 13.8 Å². The molecule has 0 amide bonds. The second-order valence-corrected chi connectivity index (χ2v) is 5.51. The molecule has 1 unspecified atom stereocenters. The molecule has 152 valence electrons. The third-order valence-corrected chi connectivity index (χ3v) is 4.11. The van der Waals surface area contributed by atoms with E-state index in [9.17, 15) is 14.9 Å². The predicted octanol–water partition coefficient (Wildman–Crippen LogP) is 4.40. The molecule has 1 rings (SSSR count). The van der Waals surface area contributed by atoms with E-state index in [1.54, 1.807) is 31.2 Å². The van der Waals surface area contributed by atoms with Crippen LogP contribution in [0, 0.1) is 10.1 Å². The highest BCUT2D eigenvalue weighted by molar-refractivity contribution is 5.85. The Morgan fingerprint density at radius 2 is 1.89 bits per heavy atom. The first-order chi connectivity index (χ1) is 13.0. The fourth-order valence-electron chi connectivity index (χ4n) is 2.89. The molecule has 1 atom stereocenters. The number of hydrogen-bond acceptors (Lipinski definition) is 6. The van der Waals surface area contributed by atoms with Gasteiger partial charge >= 0.3 is 5.97 Å². The molecule has 0 radical (unpaired) electrons. The molecule has 0 N–H and O–H groups in total. The number of carbonyl (C=O) groups excluding carboxylic acids is 1. The highest BCUT2D eigenvalue weighted by Crippen LogP contribution is 2.40. The van der Waals surface area contributed by atoms with Crippen LogP contribution in [0.1, 0.15) is 45.6 Å². The molecule has 7 heteroatoms. The summed E-state index contributed by atoms with van der Waals surface area (Å²) in [5.74, 6) is -0.518. The average Bonchev–Trinajstić information content (AvgIpc) is 2.69. The zero-order valence-electron chi connectivity index (χ0n) is 16.9. The molecule has 0 bridgehead atoms. The van der Waals surface area contributed by atoms with Crippen molar-refractivity contribution in [1.29, 1.82) is 0 Å². The molecule has 0 aromatic heterocycles. The second-order valence-electron chi connectivity index (χ2n) is 5.51. The van der Waals surface area contributed by atoms with E-state index in [2.05, 4.69) is 6.58 Å². The Morgan fingerprint density at radius 1 is 1.30 bits per heavy atom. The molecule has 0 aliphatic carbocycles. The minimum Gasteiger partial charge on any atom is -0.465 e. The van der Waals surface area contributed by atoms with Crippen molar-refractivity contribution in [2.75, 3.05) is 20.8 Å².